The zero-order chi connectivity index (χ0) is 19.5. The van der Waals surface area contributed by atoms with Gasteiger partial charge in [0.2, 0.25) is 0 Å². The Balaban J connectivity index is 3.32. The topological polar surface area (TPSA) is 84.5 Å². The van der Waals surface area contributed by atoms with Crippen LogP contribution in [0.2, 0.25) is 0 Å². The third-order valence-corrected chi connectivity index (χ3v) is 4.15. The molecule has 0 spiro atoms. The summed E-state index contributed by atoms with van der Waals surface area (Å²) < 4.78 is 4.84. The van der Waals surface area contributed by atoms with Crippen LogP contribution in [0.15, 0.2) is 12.7 Å². The van der Waals surface area contributed by atoms with E-state index in [9.17, 15) is 14.4 Å². The second-order valence-corrected chi connectivity index (χ2v) is 6.53. The molecule has 0 radical (unpaired) electrons. The first-order chi connectivity index (χ1) is 12.6. The summed E-state index contributed by atoms with van der Waals surface area (Å²) in [6.07, 6.45) is 17.1. The predicted octanol–water partition coefficient (Wildman–Crippen LogP) is 3.95. The van der Waals surface area contributed by atoms with Gasteiger partial charge >= 0.3 is 11.9 Å². The fourth-order valence-corrected chi connectivity index (χ4v) is 2.57. The van der Waals surface area contributed by atoms with Crippen LogP contribution in [0.3, 0.4) is 0 Å². The molecule has 0 unspecified atom stereocenters. The third-order valence-electron chi connectivity index (χ3n) is 4.15. The number of carbonyl (C=O) groups is 3. The van der Waals surface area contributed by atoms with Crippen LogP contribution in [-0.2, 0) is 19.1 Å². The smallest absolute Gasteiger partial charge is 0.398 e. The van der Waals surface area contributed by atoms with Gasteiger partial charge in [0.05, 0.1) is 6.61 Å². The van der Waals surface area contributed by atoms with Crippen molar-refractivity contribution < 1.29 is 19.1 Å². The van der Waals surface area contributed by atoms with Crippen molar-refractivity contribution in [2.75, 3.05) is 6.61 Å². The van der Waals surface area contributed by atoms with Crippen LogP contribution in [-0.4, -0.2) is 24.4 Å². The van der Waals surface area contributed by atoms with Gasteiger partial charge in [-0.2, -0.15) is 0 Å². The van der Waals surface area contributed by atoms with Gasteiger partial charge in [-0.25, -0.2) is 4.79 Å². The quantitative estimate of drug-likeness (QED) is 0.151. The lowest BCUT2D eigenvalue weighted by Crippen LogP contribution is -2.44. The summed E-state index contributed by atoms with van der Waals surface area (Å²) in [5.41, 5.74) is 3.96. The molecule has 0 aliphatic rings. The van der Waals surface area contributed by atoms with Crippen molar-refractivity contribution in [2.45, 2.75) is 90.4 Å². The number of nitrogens with one attached hydrogen (secondary N) is 2. The highest BCUT2D eigenvalue weighted by Crippen LogP contribution is 2.12. The molecule has 0 heterocycles. The molecule has 2 amide bonds. The van der Waals surface area contributed by atoms with Crippen LogP contribution in [0.4, 0.5) is 0 Å². The lowest BCUT2D eigenvalue weighted by Gasteiger charge is -2.06. The van der Waals surface area contributed by atoms with E-state index in [0.29, 0.717) is 0 Å². The summed E-state index contributed by atoms with van der Waals surface area (Å²) in [4.78, 5) is 33.5. The van der Waals surface area contributed by atoms with Gasteiger partial charge in [-0.15, -0.1) is 0 Å². The largest absolute Gasteiger partial charge is 0.459 e. The van der Waals surface area contributed by atoms with Gasteiger partial charge in [-0.1, -0.05) is 90.6 Å². The monoisotopic (exact) mass is 368 g/mol. The maximum Gasteiger partial charge on any atom is 0.398 e. The number of unbranched alkanes of at least 4 members (excludes halogenated alkanes) is 12. The Labute approximate surface area is 158 Å². The Morgan fingerprint density at radius 2 is 1.23 bits per heavy atom. The van der Waals surface area contributed by atoms with Crippen LogP contribution in [0.1, 0.15) is 90.4 Å². The van der Waals surface area contributed by atoms with E-state index in [1.54, 1.807) is 0 Å². The fourth-order valence-electron chi connectivity index (χ4n) is 2.57. The normalized spacial score (nSPS) is 10.2. The standard InChI is InChI=1S/C20H36N2O4/c1-3-5-6-7-8-9-10-11-12-13-14-15-16-17-26-20(25)19(24)22-21-18(23)4-2/h4H,2-3,5-17H2,1H3,(H,21,23)(H,22,24). The first-order valence-electron chi connectivity index (χ1n) is 10.0. The van der Waals surface area contributed by atoms with Crippen molar-refractivity contribution >= 4 is 17.8 Å². The van der Waals surface area contributed by atoms with E-state index in [1.165, 1.54) is 64.2 Å². The Morgan fingerprint density at radius 3 is 1.69 bits per heavy atom. The molecule has 0 aliphatic carbocycles. The number of esters is 1. The van der Waals surface area contributed by atoms with Crippen LogP contribution in [0, 0.1) is 0 Å². The van der Waals surface area contributed by atoms with Crippen LogP contribution >= 0.6 is 0 Å². The van der Waals surface area contributed by atoms with E-state index >= 15 is 0 Å². The number of rotatable bonds is 15. The molecule has 0 atom stereocenters. The zero-order valence-electron chi connectivity index (χ0n) is 16.3. The number of hydrazine groups is 1. The van der Waals surface area contributed by atoms with Crippen LogP contribution in [0.25, 0.3) is 0 Å². The van der Waals surface area contributed by atoms with E-state index in [0.717, 1.165) is 25.3 Å². The molecule has 2 N–H and O–H groups in total. The van der Waals surface area contributed by atoms with Crippen molar-refractivity contribution in [3.05, 3.63) is 12.7 Å². The molecule has 26 heavy (non-hydrogen) atoms. The minimum absolute atomic E-state index is 0.222. The maximum atomic E-state index is 11.4. The summed E-state index contributed by atoms with van der Waals surface area (Å²) in [6.45, 7) is 5.69. The van der Waals surface area contributed by atoms with E-state index in [4.69, 9.17) is 4.74 Å². The summed E-state index contributed by atoms with van der Waals surface area (Å²) in [5, 5.41) is 0. The van der Waals surface area contributed by atoms with E-state index < -0.39 is 17.8 Å². The van der Waals surface area contributed by atoms with Crippen LogP contribution in [0.5, 0.6) is 0 Å². The molecule has 0 aromatic rings. The highest BCUT2D eigenvalue weighted by molar-refractivity contribution is 6.32. The van der Waals surface area contributed by atoms with E-state index in [-0.39, 0.29) is 6.61 Å². The average Bonchev–Trinajstić information content (AvgIpc) is 2.65. The van der Waals surface area contributed by atoms with Gasteiger partial charge in [0.25, 0.3) is 5.91 Å². The summed E-state index contributed by atoms with van der Waals surface area (Å²) in [5.74, 6) is -2.58. The molecule has 6 nitrogen and oxygen atoms in total. The molecular formula is C20H36N2O4. The molecule has 0 saturated heterocycles. The summed E-state index contributed by atoms with van der Waals surface area (Å²) in [7, 11) is 0. The summed E-state index contributed by atoms with van der Waals surface area (Å²) >= 11 is 0. The summed E-state index contributed by atoms with van der Waals surface area (Å²) in [6, 6.07) is 0. The molecule has 0 rings (SSSR count). The molecule has 0 bridgehead atoms. The van der Waals surface area contributed by atoms with Crippen molar-refractivity contribution in [1.82, 2.24) is 10.9 Å². The number of hydrogen-bond donors (Lipinski definition) is 2. The van der Waals surface area contributed by atoms with Gasteiger partial charge in [-0.3, -0.25) is 20.4 Å². The first kappa shape index (κ1) is 24.1. The maximum absolute atomic E-state index is 11.4. The minimum Gasteiger partial charge on any atom is -0.459 e. The van der Waals surface area contributed by atoms with E-state index in [2.05, 4.69) is 13.5 Å². The lowest BCUT2D eigenvalue weighted by molar-refractivity contribution is -0.155. The molecule has 0 fully saturated rings. The number of ether oxygens (including phenoxy) is 1. The molecule has 0 saturated carbocycles. The number of amides is 2. The second-order valence-electron chi connectivity index (χ2n) is 6.53. The van der Waals surface area contributed by atoms with Crippen molar-refractivity contribution in [1.29, 1.82) is 0 Å². The average molecular weight is 369 g/mol. The van der Waals surface area contributed by atoms with Gasteiger partial charge in [0.1, 0.15) is 0 Å². The Hall–Kier alpha value is -1.85. The molecule has 0 aromatic carbocycles. The molecule has 0 aromatic heterocycles. The number of carbonyl (C=O) groups excluding carboxylic acids is 3. The van der Waals surface area contributed by atoms with Gasteiger partial charge in [0.15, 0.2) is 0 Å². The van der Waals surface area contributed by atoms with Crippen LogP contribution < -0.4 is 10.9 Å². The number of hydrogen-bond acceptors (Lipinski definition) is 4. The van der Waals surface area contributed by atoms with Crippen molar-refractivity contribution in [2.24, 2.45) is 0 Å². The minimum atomic E-state index is -0.992. The SMILES string of the molecule is C=CC(=O)NNC(=O)C(=O)OCCCCCCCCCCCCCCC. The van der Waals surface area contributed by atoms with E-state index in [1.807, 2.05) is 10.9 Å². The Morgan fingerprint density at radius 1 is 0.769 bits per heavy atom. The van der Waals surface area contributed by atoms with Gasteiger partial charge < -0.3 is 4.74 Å². The fraction of sp³-hybridized carbons (Fsp3) is 0.750. The predicted molar refractivity (Wildman–Crippen MR) is 103 cm³/mol. The molecule has 6 heteroatoms. The third kappa shape index (κ3) is 15.7. The van der Waals surface area contributed by atoms with Gasteiger partial charge in [0, 0.05) is 0 Å². The second kappa shape index (κ2) is 18.0. The Kier molecular flexibility index (Phi) is 16.7. The highest BCUT2D eigenvalue weighted by Gasteiger charge is 2.14. The van der Waals surface area contributed by atoms with Crippen molar-refractivity contribution in [3.8, 4) is 0 Å². The molecule has 150 valence electrons. The Bertz CT molecular complexity index is 411. The van der Waals surface area contributed by atoms with Crippen molar-refractivity contribution in [3.63, 3.8) is 0 Å². The lowest BCUT2D eigenvalue weighted by atomic mass is 10.0. The first-order valence-corrected chi connectivity index (χ1v) is 10.0. The molecular weight excluding hydrogens is 332 g/mol. The molecule has 0 aliphatic heterocycles. The van der Waals surface area contributed by atoms with Gasteiger partial charge in [-0.05, 0) is 12.5 Å². The zero-order valence-corrected chi connectivity index (χ0v) is 16.3. The highest BCUT2D eigenvalue weighted by atomic mass is 16.5.